The number of piperazine rings is 1. The van der Waals surface area contributed by atoms with Gasteiger partial charge in [-0.25, -0.2) is 0 Å². The molecular weight excluding hydrogens is 484 g/mol. The maximum Gasteiger partial charge on any atom is 0.234 e. The van der Waals surface area contributed by atoms with E-state index in [0.29, 0.717) is 13.1 Å². The van der Waals surface area contributed by atoms with Gasteiger partial charge in [0.2, 0.25) is 5.91 Å². The van der Waals surface area contributed by atoms with Crippen LogP contribution in [0.2, 0.25) is 0 Å². The van der Waals surface area contributed by atoms with Gasteiger partial charge in [-0.15, -0.1) is 13.2 Å². The summed E-state index contributed by atoms with van der Waals surface area (Å²) in [5.74, 6) is 1.18. The van der Waals surface area contributed by atoms with Gasteiger partial charge in [0.15, 0.2) is 0 Å². The van der Waals surface area contributed by atoms with Gasteiger partial charge in [-0.2, -0.15) is 0 Å². The second kappa shape index (κ2) is 18.4. The van der Waals surface area contributed by atoms with Crippen LogP contribution >= 0.6 is 0 Å². The van der Waals surface area contributed by atoms with Crippen LogP contribution in [0.3, 0.4) is 0 Å². The molecule has 39 heavy (non-hydrogen) atoms. The summed E-state index contributed by atoms with van der Waals surface area (Å²) in [5.41, 5.74) is 3.52. The molecule has 4 rings (SSSR count). The lowest BCUT2D eigenvalue weighted by atomic mass is 9.92. The SMILES string of the molecule is C=CC.C=CC.COc1ccccc1N1CCN(CC(=O)NCC(Cc2cccnc2)c2ccccc2)CC1. The fourth-order valence-electron chi connectivity index (χ4n) is 4.37. The van der Waals surface area contributed by atoms with Gasteiger partial charge >= 0.3 is 0 Å². The Morgan fingerprint density at radius 1 is 0.974 bits per heavy atom. The molecule has 6 heteroatoms. The van der Waals surface area contributed by atoms with Crippen molar-refractivity contribution in [2.45, 2.75) is 26.2 Å². The number of nitrogens with zero attached hydrogens (tertiary/aromatic N) is 3. The number of methoxy groups -OCH3 is 1. The highest BCUT2D eigenvalue weighted by molar-refractivity contribution is 5.78. The highest BCUT2D eigenvalue weighted by Gasteiger charge is 2.21. The van der Waals surface area contributed by atoms with Gasteiger partial charge in [0.25, 0.3) is 0 Å². The van der Waals surface area contributed by atoms with Crippen molar-refractivity contribution in [3.05, 3.63) is 116 Å². The maximum atomic E-state index is 12.8. The van der Waals surface area contributed by atoms with Gasteiger partial charge in [0.1, 0.15) is 5.75 Å². The van der Waals surface area contributed by atoms with E-state index >= 15 is 0 Å². The molecule has 1 amide bonds. The van der Waals surface area contributed by atoms with Crippen LogP contribution in [0.5, 0.6) is 5.75 Å². The first-order chi connectivity index (χ1) is 19.1. The third kappa shape index (κ3) is 11.2. The van der Waals surface area contributed by atoms with Crippen LogP contribution in [-0.2, 0) is 11.2 Å². The Balaban J connectivity index is 0.000000815. The fraction of sp³-hybridized carbons (Fsp3) is 0.333. The minimum atomic E-state index is 0.0767. The van der Waals surface area contributed by atoms with E-state index in [1.807, 2.05) is 50.4 Å². The summed E-state index contributed by atoms with van der Waals surface area (Å²) < 4.78 is 5.50. The number of carbonyl (C=O) groups excluding carboxylic acids is 1. The van der Waals surface area contributed by atoms with Crippen molar-refractivity contribution in [1.82, 2.24) is 15.2 Å². The average molecular weight is 529 g/mol. The molecule has 1 N–H and O–H groups in total. The quantitative estimate of drug-likeness (QED) is 0.359. The van der Waals surface area contributed by atoms with E-state index in [2.05, 4.69) is 69.7 Å². The van der Waals surface area contributed by atoms with Crippen molar-refractivity contribution < 1.29 is 9.53 Å². The van der Waals surface area contributed by atoms with Crippen molar-refractivity contribution in [2.75, 3.05) is 51.3 Å². The number of ether oxygens (including phenoxy) is 1. The van der Waals surface area contributed by atoms with E-state index in [-0.39, 0.29) is 11.8 Å². The zero-order chi connectivity index (χ0) is 28.3. The van der Waals surface area contributed by atoms with Gasteiger partial charge in [0.05, 0.1) is 19.3 Å². The van der Waals surface area contributed by atoms with Gasteiger partial charge in [-0.3, -0.25) is 14.7 Å². The number of nitrogens with one attached hydrogen (secondary N) is 1. The lowest BCUT2D eigenvalue weighted by Gasteiger charge is -2.36. The van der Waals surface area contributed by atoms with Crippen molar-refractivity contribution >= 4 is 11.6 Å². The second-order valence-corrected chi connectivity index (χ2v) is 9.23. The standard InChI is InChI=1S/C27H32N4O2.2C3H6/c1-33-26-12-6-5-11-25(26)31-16-14-30(15-17-31)21-27(32)29-20-24(23-9-3-2-4-10-23)18-22-8-7-13-28-19-22;2*1-3-2/h2-13,19,24H,14-18,20-21H2,1H3,(H,29,32);2*3H,1H2,2H3. The number of aromatic nitrogens is 1. The molecule has 0 aliphatic carbocycles. The molecule has 6 nitrogen and oxygen atoms in total. The molecule has 1 aliphatic rings. The van der Waals surface area contributed by atoms with Crippen molar-refractivity contribution in [3.8, 4) is 5.75 Å². The topological polar surface area (TPSA) is 57.7 Å². The molecule has 1 unspecified atom stereocenters. The van der Waals surface area contributed by atoms with E-state index < -0.39 is 0 Å². The molecule has 2 heterocycles. The smallest absolute Gasteiger partial charge is 0.234 e. The van der Waals surface area contributed by atoms with Crippen molar-refractivity contribution in [3.63, 3.8) is 0 Å². The molecule has 1 aromatic heterocycles. The number of hydrogen-bond donors (Lipinski definition) is 1. The van der Waals surface area contributed by atoms with Crippen molar-refractivity contribution in [2.24, 2.45) is 0 Å². The first-order valence-electron chi connectivity index (χ1n) is 13.5. The molecule has 0 bridgehead atoms. The van der Waals surface area contributed by atoms with E-state index in [9.17, 15) is 4.79 Å². The number of anilines is 1. The van der Waals surface area contributed by atoms with Crippen LogP contribution in [0, 0.1) is 0 Å². The molecule has 208 valence electrons. The summed E-state index contributed by atoms with van der Waals surface area (Å²) in [4.78, 5) is 21.5. The first-order valence-corrected chi connectivity index (χ1v) is 13.5. The van der Waals surface area contributed by atoms with E-state index in [1.54, 1.807) is 25.5 Å². The number of rotatable bonds is 9. The molecule has 1 fully saturated rings. The largest absolute Gasteiger partial charge is 0.495 e. The fourth-order valence-corrected chi connectivity index (χ4v) is 4.37. The molecule has 0 saturated carbocycles. The Hall–Kier alpha value is -3.90. The minimum Gasteiger partial charge on any atom is -0.495 e. The minimum absolute atomic E-state index is 0.0767. The molecular formula is C33H44N4O2. The normalized spacial score (nSPS) is 13.5. The number of pyridine rings is 1. The van der Waals surface area contributed by atoms with E-state index in [0.717, 1.165) is 44.0 Å². The van der Waals surface area contributed by atoms with Crippen LogP contribution in [0.15, 0.2) is 104 Å². The molecule has 0 spiro atoms. The summed E-state index contributed by atoms with van der Waals surface area (Å²) in [6.45, 7) is 15.0. The zero-order valence-electron chi connectivity index (χ0n) is 23.8. The number of benzene rings is 2. The average Bonchev–Trinajstić information content (AvgIpc) is 2.97. The van der Waals surface area contributed by atoms with Gasteiger partial charge in [0, 0.05) is 51.0 Å². The van der Waals surface area contributed by atoms with Crippen LogP contribution in [-0.4, -0.2) is 62.2 Å². The third-order valence-electron chi connectivity index (χ3n) is 6.19. The summed E-state index contributed by atoms with van der Waals surface area (Å²) in [5, 5.41) is 3.18. The number of amides is 1. The highest BCUT2D eigenvalue weighted by Crippen LogP contribution is 2.28. The number of hydrogen-bond acceptors (Lipinski definition) is 5. The third-order valence-corrected chi connectivity index (χ3v) is 6.19. The molecule has 1 atom stereocenters. The van der Waals surface area contributed by atoms with E-state index in [4.69, 9.17) is 4.74 Å². The zero-order valence-corrected chi connectivity index (χ0v) is 23.8. The Bertz CT molecular complexity index is 1090. The number of allylic oxidation sites excluding steroid dienone is 2. The summed E-state index contributed by atoms with van der Waals surface area (Å²) >= 11 is 0. The molecule has 3 aromatic rings. The Morgan fingerprint density at radius 2 is 1.62 bits per heavy atom. The summed E-state index contributed by atoms with van der Waals surface area (Å²) in [6, 6.07) is 22.5. The van der Waals surface area contributed by atoms with Crippen LogP contribution in [0.25, 0.3) is 0 Å². The summed E-state index contributed by atoms with van der Waals surface area (Å²) in [7, 11) is 1.70. The van der Waals surface area contributed by atoms with Gasteiger partial charge < -0.3 is 15.0 Å². The predicted octanol–water partition coefficient (Wildman–Crippen LogP) is 5.74. The highest BCUT2D eigenvalue weighted by atomic mass is 16.5. The van der Waals surface area contributed by atoms with Gasteiger partial charge in [-0.05, 0) is 49.6 Å². The lowest BCUT2D eigenvalue weighted by Crippen LogP contribution is -2.49. The monoisotopic (exact) mass is 528 g/mol. The predicted molar refractivity (Wildman–Crippen MR) is 164 cm³/mol. The number of carbonyl (C=O) groups is 1. The number of para-hydroxylation sites is 2. The molecule has 1 aliphatic heterocycles. The van der Waals surface area contributed by atoms with Crippen LogP contribution < -0.4 is 15.0 Å². The Labute approximate surface area is 235 Å². The van der Waals surface area contributed by atoms with Crippen LogP contribution in [0.1, 0.15) is 30.9 Å². The van der Waals surface area contributed by atoms with Crippen LogP contribution in [0.4, 0.5) is 5.69 Å². The van der Waals surface area contributed by atoms with E-state index in [1.165, 1.54) is 11.1 Å². The second-order valence-electron chi connectivity index (χ2n) is 9.23. The molecule has 0 radical (unpaired) electrons. The Kier molecular flexibility index (Phi) is 14.8. The lowest BCUT2D eigenvalue weighted by molar-refractivity contribution is -0.122. The molecule has 2 aromatic carbocycles. The van der Waals surface area contributed by atoms with Crippen molar-refractivity contribution in [1.29, 1.82) is 0 Å². The maximum absolute atomic E-state index is 12.8. The first kappa shape index (κ1) is 31.3. The molecule has 1 saturated heterocycles. The summed E-state index contributed by atoms with van der Waals surface area (Å²) in [6.07, 6.45) is 8.03. The Morgan fingerprint density at radius 3 is 2.23 bits per heavy atom. The van der Waals surface area contributed by atoms with Gasteiger partial charge in [-0.1, -0.05) is 60.7 Å².